The number of piperidine rings is 1. The van der Waals surface area contributed by atoms with Crippen molar-refractivity contribution in [2.45, 2.75) is 23.8 Å². The van der Waals surface area contributed by atoms with Crippen molar-refractivity contribution in [3.63, 3.8) is 0 Å². The molecule has 2 heterocycles. The van der Waals surface area contributed by atoms with Gasteiger partial charge in [-0.15, -0.1) is 0 Å². The van der Waals surface area contributed by atoms with E-state index in [0.29, 0.717) is 43.3 Å². The Bertz CT molecular complexity index is 1490. The van der Waals surface area contributed by atoms with Gasteiger partial charge in [-0.05, 0) is 91.1 Å². The first-order chi connectivity index (χ1) is 18.3. The number of hydrogen-bond acceptors (Lipinski definition) is 6. The second-order valence-electron chi connectivity index (χ2n) is 9.24. The number of nitrogens with two attached hydrogens (primary N) is 1. The van der Waals surface area contributed by atoms with Crippen LogP contribution in [0.5, 0.6) is 0 Å². The normalized spacial score (nSPS) is 15.8. The number of nitrogens with one attached hydrogen (secondary N) is 1. The predicted molar refractivity (Wildman–Crippen MR) is 142 cm³/mol. The van der Waals surface area contributed by atoms with Crippen molar-refractivity contribution in [1.29, 1.82) is 0 Å². The van der Waals surface area contributed by atoms with Gasteiger partial charge in [0.25, 0.3) is 0 Å². The summed E-state index contributed by atoms with van der Waals surface area (Å²) in [6.45, 7) is 0.734. The highest BCUT2D eigenvalue weighted by atomic mass is 32.2. The fourth-order valence-corrected chi connectivity index (χ4v) is 6.09. The van der Waals surface area contributed by atoms with E-state index in [9.17, 15) is 17.2 Å². The molecular formula is C28H27F2N5O2S. The molecular weight excluding hydrogens is 508 g/mol. The Hall–Kier alpha value is -3.73. The van der Waals surface area contributed by atoms with Crippen molar-refractivity contribution in [3.8, 4) is 11.3 Å². The highest BCUT2D eigenvalue weighted by Crippen LogP contribution is 2.32. The molecule has 1 atom stereocenters. The first-order valence-electron chi connectivity index (χ1n) is 12.3. The summed E-state index contributed by atoms with van der Waals surface area (Å²) in [7, 11) is -3.66. The smallest absolute Gasteiger partial charge is 0.243 e. The van der Waals surface area contributed by atoms with E-state index in [1.54, 1.807) is 60.8 Å². The van der Waals surface area contributed by atoms with Gasteiger partial charge in [0.1, 0.15) is 11.6 Å². The average Bonchev–Trinajstić information content (AvgIpc) is 2.94. The molecule has 1 aromatic heterocycles. The lowest BCUT2D eigenvalue weighted by atomic mass is 9.86. The maximum Gasteiger partial charge on any atom is 0.243 e. The molecule has 1 aliphatic rings. The Labute approximate surface area is 220 Å². The van der Waals surface area contributed by atoms with Crippen molar-refractivity contribution < 1.29 is 17.2 Å². The molecule has 0 amide bonds. The van der Waals surface area contributed by atoms with Crippen LogP contribution in [0.25, 0.3) is 11.3 Å². The van der Waals surface area contributed by atoms with Gasteiger partial charge in [-0.2, -0.15) is 4.31 Å². The lowest BCUT2D eigenvalue weighted by molar-refractivity contribution is 0.245. The number of benzene rings is 3. The lowest BCUT2D eigenvalue weighted by Crippen LogP contribution is -2.40. The summed E-state index contributed by atoms with van der Waals surface area (Å²) in [5.74, 6) is -0.186. The molecule has 3 N–H and O–H groups in total. The zero-order valence-electron chi connectivity index (χ0n) is 20.5. The van der Waals surface area contributed by atoms with Crippen molar-refractivity contribution >= 4 is 21.7 Å². The van der Waals surface area contributed by atoms with Crippen molar-refractivity contribution in [3.05, 3.63) is 102 Å². The van der Waals surface area contributed by atoms with Crippen LogP contribution in [0.3, 0.4) is 0 Å². The van der Waals surface area contributed by atoms with E-state index in [1.165, 1.54) is 28.6 Å². The third-order valence-corrected chi connectivity index (χ3v) is 8.72. The van der Waals surface area contributed by atoms with E-state index in [4.69, 9.17) is 5.73 Å². The van der Waals surface area contributed by atoms with Gasteiger partial charge in [0.15, 0.2) is 0 Å². The monoisotopic (exact) mass is 535 g/mol. The first kappa shape index (κ1) is 25.9. The summed E-state index contributed by atoms with van der Waals surface area (Å²) in [4.78, 5) is 8.88. The number of rotatable bonds is 7. The number of hydrogen-bond donors (Lipinski definition) is 2. The minimum Gasteiger partial charge on any atom is -0.324 e. The van der Waals surface area contributed by atoms with Crippen molar-refractivity contribution in [2.75, 3.05) is 18.4 Å². The fraction of sp³-hybridized carbons (Fsp3) is 0.214. The second-order valence-corrected chi connectivity index (χ2v) is 11.2. The van der Waals surface area contributed by atoms with Crippen molar-refractivity contribution in [1.82, 2.24) is 14.3 Å². The lowest BCUT2D eigenvalue weighted by Gasteiger charge is -2.34. The summed E-state index contributed by atoms with van der Waals surface area (Å²) < 4.78 is 54.4. The Morgan fingerprint density at radius 1 is 0.868 bits per heavy atom. The molecule has 38 heavy (non-hydrogen) atoms. The topological polar surface area (TPSA) is 101 Å². The highest BCUT2D eigenvalue weighted by molar-refractivity contribution is 7.89. The molecule has 196 valence electrons. The van der Waals surface area contributed by atoms with Crippen LogP contribution in [0.1, 0.15) is 24.4 Å². The third-order valence-electron chi connectivity index (χ3n) is 6.81. The molecule has 1 aliphatic heterocycles. The van der Waals surface area contributed by atoms with Crippen LogP contribution >= 0.6 is 0 Å². The van der Waals surface area contributed by atoms with E-state index in [1.807, 2.05) is 0 Å². The maximum atomic E-state index is 13.2. The molecule has 10 heteroatoms. The number of nitrogens with zero attached hydrogens (tertiary/aromatic N) is 3. The molecule has 5 rings (SSSR count). The minimum atomic E-state index is -3.66. The minimum absolute atomic E-state index is 0.115. The van der Waals surface area contributed by atoms with Crippen LogP contribution in [0.4, 0.5) is 20.4 Å². The maximum absolute atomic E-state index is 13.2. The van der Waals surface area contributed by atoms with Crippen molar-refractivity contribution in [2.24, 2.45) is 11.7 Å². The van der Waals surface area contributed by atoms with Gasteiger partial charge in [0, 0.05) is 36.6 Å². The fourth-order valence-electron chi connectivity index (χ4n) is 4.62. The Morgan fingerprint density at radius 2 is 1.47 bits per heavy atom. The van der Waals surface area contributed by atoms with Gasteiger partial charge < -0.3 is 11.1 Å². The Morgan fingerprint density at radius 3 is 2.11 bits per heavy atom. The number of aromatic nitrogens is 2. The SMILES string of the molecule is NC(c1ccc(F)cc1)C1CCN(S(=O)(=O)c2ccc(Nc3nccc(-c4ccc(F)cc4)n3)cc2)CC1. The van der Waals surface area contributed by atoms with Gasteiger partial charge in [-0.25, -0.2) is 27.2 Å². The second kappa shape index (κ2) is 10.9. The summed E-state index contributed by atoms with van der Waals surface area (Å²) in [5.41, 5.74) is 9.25. The molecule has 1 saturated heterocycles. The third kappa shape index (κ3) is 5.72. The quantitative estimate of drug-likeness (QED) is 0.335. The van der Waals surface area contributed by atoms with Gasteiger partial charge in [0.2, 0.25) is 16.0 Å². The molecule has 4 aromatic rings. The average molecular weight is 536 g/mol. The molecule has 0 spiro atoms. The van der Waals surface area contributed by atoms with Gasteiger partial charge in [0.05, 0.1) is 10.6 Å². The summed E-state index contributed by atoms with van der Waals surface area (Å²) in [6.07, 6.45) is 2.84. The Kier molecular flexibility index (Phi) is 7.46. The zero-order chi connectivity index (χ0) is 26.7. The molecule has 0 saturated carbocycles. The number of sulfonamides is 1. The largest absolute Gasteiger partial charge is 0.324 e. The van der Waals surface area contributed by atoms with Crippen LogP contribution < -0.4 is 11.1 Å². The predicted octanol–water partition coefficient (Wildman–Crippen LogP) is 5.27. The molecule has 0 bridgehead atoms. The number of halogens is 2. The highest BCUT2D eigenvalue weighted by Gasteiger charge is 2.32. The molecule has 0 radical (unpaired) electrons. The first-order valence-corrected chi connectivity index (χ1v) is 13.7. The van der Waals surface area contributed by atoms with Gasteiger partial charge in [-0.3, -0.25) is 0 Å². The standard InChI is InChI=1S/C28H27F2N5O2S/c29-22-5-1-19(2-6-22)26-13-16-32-28(34-26)33-24-9-11-25(12-10-24)38(36,37)35-17-14-21(15-18-35)27(31)20-3-7-23(30)8-4-20/h1-13,16,21,27H,14-15,17-18,31H2,(H,32,33,34). The van der Waals surface area contributed by atoms with Gasteiger partial charge >= 0.3 is 0 Å². The van der Waals surface area contributed by atoms with Crippen LogP contribution in [-0.4, -0.2) is 35.8 Å². The van der Waals surface area contributed by atoms with Crippen LogP contribution in [0, 0.1) is 17.6 Å². The molecule has 7 nitrogen and oxygen atoms in total. The summed E-state index contributed by atoms with van der Waals surface area (Å²) >= 11 is 0. The van der Waals surface area contributed by atoms with E-state index < -0.39 is 10.0 Å². The Balaban J connectivity index is 1.22. The molecule has 0 aliphatic carbocycles. The molecule has 1 fully saturated rings. The van der Waals surface area contributed by atoms with E-state index in [-0.39, 0.29) is 28.5 Å². The summed E-state index contributed by atoms with van der Waals surface area (Å²) in [5, 5.41) is 3.08. The number of anilines is 2. The van der Waals surface area contributed by atoms with E-state index in [2.05, 4.69) is 15.3 Å². The molecule has 3 aromatic carbocycles. The van der Waals surface area contributed by atoms with Crippen LogP contribution in [0.15, 0.2) is 90.0 Å². The summed E-state index contributed by atoms with van der Waals surface area (Å²) in [6, 6.07) is 20.1. The van der Waals surface area contributed by atoms with Crippen LogP contribution in [0.2, 0.25) is 0 Å². The van der Waals surface area contributed by atoms with E-state index in [0.717, 1.165) is 11.1 Å². The van der Waals surface area contributed by atoms with Crippen LogP contribution in [-0.2, 0) is 10.0 Å². The van der Waals surface area contributed by atoms with E-state index >= 15 is 0 Å². The van der Waals surface area contributed by atoms with Gasteiger partial charge in [-0.1, -0.05) is 12.1 Å². The zero-order valence-corrected chi connectivity index (χ0v) is 21.3. The molecule has 1 unspecified atom stereocenters.